The number of amidine groups is 2. The van der Waals surface area contributed by atoms with Crippen molar-refractivity contribution in [3.05, 3.63) is 119 Å². The van der Waals surface area contributed by atoms with Gasteiger partial charge in [0.25, 0.3) is 5.91 Å². The van der Waals surface area contributed by atoms with Gasteiger partial charge in [-0.3, -0.25) is 4.79 Å². The van der Waals surface area contributed by atoms with Crippen molar-refractivity contribution in [2.75, 3.05) is 0 Å². The first-order valence-electron chi connectivity index (χ1n) is 10.9. The molecule has 0 unspecified atom stereocenters. The predicted octanol–water partition coefficient (Wildman–Crippen LogP) is 5.49. The lowest BCUT2D eigenvalue weighted by Crippen LogP contribution is -2.24. The Labute approximate surface area is 200 Å². The monoisotopic (exact) mass is 461 g/mol. The minimum atomic E-state index is -0.372. The van der Waals surface area contributed by atoms with E-state index in [0.717, 1.165) is 27.5 Å². The van der Waals surface area contributed by atoms with E-state index in [1.54, 1.807) is 22.2 Å². The van der Waals surface area contributed by atoms with Crippen molar-refractivity contribution in [3.63, 3.8) is 0 Å². The van der Waals surface area contributed by atoms with Crippen LogP contribution in [0.25, 0.3) is 16.3 Å². The molecule has 6 rings (SSSR count). The van der Waals surface area contributed by atoms with Crippen LogP contribution < -0.4 is 0 Å². The lowest BCUT2D eigenvalue weighted by Gasteiger charge is -2.20. The van der Waals surface area contributed by atoms with E-state index in [-0.39, 0.29) is 5.91 Å². The largest absolute Gasteiger partial charge is 0.329 e. The zero-order valence-electron chi connectivity index (χ0n) is 18.1. The number of hydrogen-bond acceptors (Lipinski definition) is 4. The Balaban J connectivity index is 1.48. The summed E-state index contributed by atoms with van der Waals surface area (Å²) in [5, 5.41) is 6.71. The van der Waals surface area contributed by atoms with E-state index < -0.39 is 0 Å². The van der Waals surface area contributed by atoms with Crippen LogP contribution in [-0.2, 0) is 6.54 Å². The molecule has 7 heteroatoms. The van der Waals surface area contributed by atoms with E-state index in [2.05, 4.69) is 9.89 Å². The van der Waals surface area contributed by atoms with Gasteiger partial charge in [-0.05, 0) is 41.3 Å². The molecule has 34 heavy (non-hydrogen) atoms. The topological polar surface area (TPSA) is 62.9 Å². The predicted molar refractivity (Wildman–Crippen MR) is 135 cm³/mol. The van der Waals surface area contributed by atoms with Gasteiger partial charge in [0, 0.05) is 24.5 Å². The normalized spacial score (nSPS) is 15.6. The van der Waals surface area contributed by atoms with Crippen LogP contribution >= 0.6 is 11.3 Å². The number of hydrogen-bond donors (Lipinski definition) is 0. The third-order valence-electron chi connectivity index (χ3n) is 5.66. The minimum Gasteiger partial charge on any atom is -0.329 e. The van der Waals surface area contributed by atoms with Crippen LogP contribution in [0.5, 0.6) is 0 Å². The molecule has 0 atom stereocenters. The lowest BCUT2D eigenvalue weighted by molar-refractivity contribution is 0.100. The number of fused-ring (bicyclic) bond motifs is 2. The molecule has 2 aromatic heterocycles. The van der Waals surface area contributed by atoms with Gasteiger partial charge in [0.15, 0.2) is 5.84 Å². The van der Waals surface area contributed by atoms with Gasteiger partial charge in [-0.25, -0.2) is 9.67 Å². The molecule has 0 fully saturated rings. The Hall–Kier alpha value is -4.36. The Bertz CT molecular complexity index is 1490. The summed E-state index contributed by atoms with van der Waals surface area (Å²) in [6.45, 7) is 0.662. The number of carbonyl (C=O) groups is 1. The highest BCUT2D eigenvalue weighted by atomic mass is 32.1. The standard InChI is InChI=1S/C27H19N5OS/c33-27(22-18-32(20-10-2-1-3-11-20)30-25(22)23-13-8-16-34-23)29-26-21-12-5-4-9-19(21)17-31-15-7-6-14-24(31)28-26/h1-16,18H,17H2. The molecule has 0 saturated carbocycles. The van der Waals surface area contributed by atoms with Crippen LogP contribution in [0.4, 0.5) is 0 Å². The summed E-state index contributed by atoms with van der Waals surface area (Å²) in [7, 11) is 0. The zero-order valence-corrected chi connectivity index (χ0v) is 18.9. The number of nitrogens with zero attached hydrogens (tertiary/aromatic N) is 5. The molecular formula is C27H19N5OS. The number of rotatable bonds is 3. The fourth-order valence-corrected chi connectivity index (χ4v) is 4.73. The third-order valence-corrected chi connectivity index (χ3v) is 6.54. The summed E-state index contributed by atoms with van der Waals surface area (Å²) in [4.78, 5) is 25.9. The summed E-state index contributed by atoms with van der Waals surface area (Å²) in [6.07, 6.45) is 9.57. The van der Waals surface area contributed by atoms with Gasteiger partial charge in [0.05, 0.1) is 16.1 Å². The molecule has 0 aliphatic carbocycles. The highest BCUT2D eigenvalue weighted by Gasteiger charge is 2.23. The highest BCUT2D eigenvalue weighted by molar-refractivity contribution is 7.13. The Kier molecular flexibility index (Phi) is 5.08. The number of para-hydroxylation sites is 1. The van der Waals surface area contributed by atoms with Crippen LogP contribution in [-0.4, -0.2) is 32.3 Å². The number of benzene rings is 2. The average Bonchev–Trinajstić information content (AvgIpc) is 3.53. The molecule has 0 radical (unpaired) electrons. The number of allylic oxidation sites excluding steroid dienone is 2. The second kappa shape index (κ2) is 8.53. The molecule has 4 heterocycles. The SMILES string of the molecule is O=C(N=C1N=C2C=CC=CN2Cc2ccccc21)c1cn(-c2ccccc2)nc1-c1cccs1. The molecule has 2 aliphatic rings. The van der Waals surface area contributed by atoms with E-state index in [9.17, 15) is 4.79 Å². The van der Waals surface area contributed by atoms with Gasteiger partial charge in [0.1, 0.15) is 11.5 Å². The van der Waals surface area contributed by atoms with E-state index in [1.807, 2.05) is 96.5 Å². The fourth-order valence-electron chi connectivity index (χ4n) is 4.01. The molecule has 6 nitrogen and oxygen atoms in total. The number of carbonyl (C=O) groups excluding carboxylic acids is 1. The first-order chi connectivity index (χ1) is 16.8. The molecule has 0 N–H and O–H groups in total. The van der Waals surface area contributed by atoms with Crippen LogP contribution in [0.15, 0.2) is 113 Å². The molecule has 0 saturated heterocycles. The summed E-state index contributed by atoms with van der Waals surface area (Å²) in [6, 6.07) is 21.6. The van der Waals surface area contributed by atoms with Gasteiger partial charge in [-0.2, -0.15) is 10.1 Å². The first kappa shape index (κ1) is 20.3. The van der Waals surface area contributed by atoms with Crippen molar-refractivity contribution < 1.29 is 4.79 Å². The Morgan fingerprint density at radius 2 is 1.82 bits per heavy atom. The van der Waals surface area contributed by atoms with Crippen molar-refractivity contribution in [2.45, 2.75) is 6.54 Å². The summed E-state index contributed by atoms with van der Waals surface area (Å²) < 4.78 is 1.73. The maximum atomic E-state index is 13.6. The third kappa shape index (κ3) is 3.72. The van der Waals surface area contributed by atoms with Crippen molar-refractivity contribution in [1.82, 2.24) is 14.7 Å². The van der Waals surface area contributed by atoms with Crippen molar-refractivity contribution in [2.24, 2.45) is 9.98 Å². The van der Waals surface area contributed by atoms with Crippen LogP contribution in [0.3, 0.4) is 0 Å². The van der Waals surface area contributed by atoms with Crippen molar-refractivity contribution in [1.29, 1.82) is 0 Å². The number of aliphatic imine (C=N–C) groups is 2. The lowest BCUT2D eigenvalue weighted by atomic mass is 10.1. The number of amides is 1. The molecule has 1 amide bonds. The van der Waals surface area contributed by atoms with Gasteiger partial charge in [-0.1, -0.05) is 54.6 Å². The maximum Gasteiger partial charge on any atom is 0.282 e. The van der Waals surface area contributed by atoms with Crippen LogP contribution in [0.2, 0.25) is 0 Å². The van der Waals surface area contributed by atoms with E-state index >= 15 is 0 Å². The second-order valence-corrected chi connectivity index (χ2v) is 8.79. The molecule has 2 aromatic carbocycles. The van der Waals surface area contributed by atoms with Crippen molar-refractivity contribution in [3.8, 4) is 16.3 Å². The summed E-state index contributed by atoms with van der Waals surface area (Å²) >= 11 is 1.54. The van der Waals surface area contributed by atoms with Gasteiger partial charge in [-0.15, -0.1) is 11.3 Å². The Morgan fingerprint density at radius 3 is 2.68 bits per heavy atom. The number of thiophene rings is 1. The highest BCUT2D eigenvalue weighted by Crippen LogP contribution is 2.29. The summed E-state index contributed by atoms with van der Waals surface area (Å²) in [5.74, 6) is 0.787. The molecule has 0 bridgehead atoms. The zero-order chi connectivity index (χ0) is 22.9. The summed E-state index contributed by atoms with van der Waals surface area (Å²) in [5.41, 5.74) is 3.85. The van der Waals surface area contributed by atoms with Gasteiger partial charge >= 0.3 is 0 Å². The van der Waals surface area contributed by atoms with Gasteiger partial charge in [0.2, 0.25) is 0 Å². The van der Waals surface area contributed by atoms with E-state index in [4.69, 9.17) is 10.1 Å². The first-order valence-corrected chi connectivity index (χ1v) is 11.7. The van der Waals surface area contributed by atoms with E-state index in [1.165, 1.54) is 0 Å². The fraction of sp³-hybridized carbons (Fsp3) is 0.0370. The van der Waals surface area contributed by atoms with Crippen LogP contribution in [0, 0.1) is 0 Å². The molecular weight excluding hydrogens is 442 g/mol. The van der Waals surface area contributed by atoms with Crippen LogP contribution in [0.1, 0.15) is 21.5 Å². The van der Waals surface area contributed by atoms with Gasteiger partial charge < -0.3 is 4.90 Å². The quantitative estimate of drug-likeness (QED) is 0.406. The molecule has 2 aliphatic heterocycles. The minimum absolute atomic E-state index is 0.372. The second-order valence-electron chi connectivity index (χ2n) is 7.85. The maximum absolute atomic E-state index is 13.6. The smallest absolute Gasteiger partial charge is 0.282 e. The number of aromatic nitrogens is 2. The average molecular weight is 462 g/mol. The van der Waals surface area contributed by atoms with E-state index in [0.29, 0.717) is 23.6 Å². The molecule has 164 valence electrons. The van der Waals surface area contributed by atoms with Crippen molar-refractivity contribution >= 4 is 28.9 Å². The Morgan fingerprint density at radius 1 is 0.971 bits per heavy atom. The molecule has 0 spiro atoms. The molecule has 4 aromatic rings.